The van der Waals surface area contributed by atoms with Crippen molar-refractivity contribution in [1.82, 2.24) is 4.98 Å². The van der Waals surface area contributed by atoms with Gasteiger partial charge in [0, 0.05) is 24.5 Å². The van der Waals surface area contributed by atoms with Crippen molar-refractivity contribution in [2.45, 2.75) is 31.8 Å². The molecule has 0 spiro atoms. The number of aromatic nitrogens is 1. The van der Waals surface area contributed by atoms with Gasteiger partial charge in [0.1, 0.15) is 5.15 Å². The zero-order valence-corrected chi connectivity index (χ0v) is 13.1. The van der Waals surface area contributed by atoms with E-state index >= 15 is 0 Å². The van der Waals surface area contributed by atoms with Gasteiger partial charge >= 0.3 is 0 Å². The minimum atomic E-state index is -0.258. The first-order chi connectivity index (χ1) is 10.6. The number of fused-ring (bicyclic) bond motifs is 1. The van der Waals surface area contributed by atoms with Gasteiger partial charge in [0.2, 0.25) is 5.91 Å². The summed E-state index contributed by atoms with van der Waals surface area (Å²) in [5.74, 6) is -0.477. The number of primary amides is 1. The molecular weight excluding hydrogens is 298 g/mol. The van der Waals surface area contributed by atoms with Crippen molar-refractivity contribution in [3.8, 4) is 0 Å². The van der Waals surface area contributed by atoms with Crippen LogP contribution in [-0.2, 0) is 11.3 Å². The van der Waals surface area contributed by atoms with E-state index in [9.17, 15) is 4.79 Å². The molecule has 0 radical (unpaired) electrons. The van der Waals surface area contributed by atoms with Gasteiger partial charge in [-0.2, -0.15) is 0 Å². The van der Waals surface area contributed by atoms with E-state index in [0.29, 0.717) is 5.15 Å². The van der Waals surface area contributed by atoms with E-state index in [-0.39, 0.29) is 17.9 Å². The first-order valence-electron chi connectivity index (χ1n) is 7.31. The van der Waals surface area contributed by atoms with Crippen LogP contribution in [0.15, 0.2) is 42.6 Å². The van der Waals surface area contributed by atoms with Crippen LogP contribution in [-0.4, -0.2) is 16.9 Å². The van der Waals surface area contributed by atoms with Crippen LogP contribution in [0.4, 0.5) is 5.69 Å². The predicted octanol–water partition coefficient (Wildman–Crippen LogP) is 3.10. The summed E-state index contributed by atoms with van der Waals surface area (Å²) in [6.07, 6.45) is 2.44. The quantitative estimate of drug-likeness (QED) is 0.885. The number of hydrogen-bond donors (Lipinski definition) is 1. The van der Waals surface area contributed by atoms with E-state index in [1.54, 1.807) is 6.20 Å². The zero-order valence-electron chi connectivity index (χ0n) is 12.4. The topological polar surface area (TPSA) is 59.2 Å². The van der Waals surface area contributed by atoms with Crippen molar-refractivity contribution in [3.63, 3.8) is 0 Å². The molecule has 2 aromatic rings. The zero-order chi connectivity index (χ0) is 15.7. The van der Waals surface area contributed by atoms with Gasteiger partial charge in [-0.25, -0.2) is 4.98 Å². The summed E-state index contributed by atoms with van der Waals surface area (Å²) in [5.41, 5.74) is 8.75. The van der Waals surface area contributed by atoms with Crippen molar-refractivity contribution >= 4 is 23.2 Å². The van der Waals surface area contributed by atoms with Gasteiger partial charge < -0.3 is 10.6 Å². The minimum Gasteiger partial charge on any atom is -0.369 e. The van der Waals surface area contributed by atoms with Gasteiger partial charge in [0.15, 0.2) is 0 Å². The number of carbonyl (C=O) groups is 1. The number of amides is 1. The summed E-state index contributed by atoms with van der Waals surface area (Å²) in [4.78, 5) is 18.1. The normalized spacial score (nSPS) is 20.5. The Morgan fingerprint density at radius 1 is 1.41 bits per heavy atom. The molecule has 1 aromatic carbocycles. The molecule has 0 saturated carbocycles. The molecule has 0 saturated heterocycles. The lowest BCUT2D eigenvalue weighted by atomic mass is 9.85. The van der Waals surface area contributed by atoms with Gasteiger partial charge in [-0.05, 0) is 42.7 Å². The Morgan fingerprint density at radius 3 is 2.91 bits per heavy atom. The monoisotopic (exact) mass is 315 g/mol. The van der Waals surface area contributed by atoms with Crippen LogP contribution in [0.1, 0.15) is 30.4 Å². The van der Waals surface area contributed by atoms with E-state index in [1.165, 1.54) is 0 Å². The highest BCUT2D eigenvalue weighted by Crippen LogP contribution is 2.38. The van der Waals surface area contributed by atoms with E-state index in [1.807, 2.05) is 36.4 Å². The minimum absolute atomic E-state index is 0.219. The molecule has 0 bridgehead atoms. The lowest BCUT2D eigenvalue weighted by Crippen LogP contribution is -2.41. The van der Waals surface area contributed by atoms with E-state index in [0.717, 1.165) is 29.8 Å². The third-order valence-electron chi connectivity index (χ3n) is 4.22. The average molecular weight is 316 g/mol. The lowest BCUT2D eigenvalue weighted by molar-refractivity contribution is -0.119. The van der Waals surface area contributed by atoms with Crippen LogP contribution in [0.5, 0.6) is 0 Å². The number of hydrogen-bond acceptors (Lipinski definition) is 3. The van der Waals surface area contributed by atoms with E-state index in [4.69, 9.17) is 17.3 Å². The van der Waals surface area contributed by atoms with Gasteiger partial charge in [-0.1, -0.05) is 29.8 Å². The summed E-state index contributed by atoms with van der Waals surface area (Å²) >= 11 is 5.97. The third kappa shape index (κ3) is 2.79. The van der Waals surface area contributed by atoms with Gasteiger partial charge in [0.05, 0.1) is 5.92 Å². The van der Waals surface area contributed by atoms with Gasteiger partial charge in [-0.15, -0.1) is 0 Å². The maximum absolute atomic E-state index is 11.8. The molecule has 0 fully saturated rings. The summed E-state index contributed by atoms with van der Waals surface area (Å²) in [6.45, 7) is 2.85. The third-order valence-corrected chi connectivity index (χ3v) is 4.42. The predicted molar refractivity (Wildman–Crippen MR) is 87.9 cm³/mol. The van der Waals surface area contributed by atoms with Crippen LogP contribution in [0.2, 0.25) is 5.15 Å². The maximum atomic E-state index is 11.8. The van der Waals surface area contributed by atoms with Crippen LogP contribution in [0.3, 0.4) is 0 Å². The highest BCUT2D eigenvalue weighted by atomic mass is 35.5. The molecule has 1 aliphatic rings. The molecule has 1 amide bonds. The highest BCUT2D eigenvalue weighted by Gasteiger charge is 2.32. The molecule has 2 N–H and O–H groups in total. The number of nitrogens with zero attached hydrogens (tertiary/aromatic N) is 2. The Morgan fingerprint density at radius 2 is 2.18 bits per heavy atom. The van der Waals surface area contributed by atoms with Crippen molar-refractivity contribution in [2.24, 2.45) is 5.73 Å². The average Bonchev–Trinajstić information content (AvgIpc) is 2.49. The molecular formula is C17H18ClN3O. The number of benzene rings is 1. The Labute approximate surface area is 134 Å². The number of anilines is 1. The first-order valence-corrected chi connectivity index (χ1v) is 7.69. The second-order valence-electron chi connectivity index (χ2n) is 5.71. The van der Waals surface area contributed by atoms with Gasteiger partial charge in [-0.3, -0.25) is 4.79 Å². The molecule has 0 unspecified atom stereocenters. The number of carbonyl (C=O) groups excluding carboxylic acids is 1. The summed E-state index contributed by atoms with van der Waals surface area (Å²) in [7, 11) is 0. The van der Waals surface area contributed by atoms with Gasteiger partial charge in [0.25, 0.3) is 0 Å². The number of para-hydroxylation sites is 1. The smallest absolute Gasteiger partial charge is 0.225 e. The fourth-order valence-corrected chi connectivity index (χ4v) is 3.32. The highest BCUT2D eigenvalue weighted by molar-refractivity contribution is 6.29. The Hall–Kier alpha value is -2.07. The molecule has 5 heteroatoms. The Bertz CT molecular complexity index is 704. The first kappa shape index (κ1) is 14.9. The van der Waals surface area contributed by atoms with E-state index in [2.05, 4.69) is 16.8 Å². The molecule has 0 aliphatic carbocycles. The van der Waals surface area contributed by atoms with Crippen molar-refractivity contribution in [3.05, 3.63) is 58.9 Å². The van der Waals surface area contributed by atoms with E-state index < -0.39 is 0 Å². The molecule has 1 aromatic heterocycles. The second-order valence-corrected chi connectivity index (χ2v) is 6.10. The standard InChI is InChI=1S/C17H18ClN3O/c1-11-8-14(17(19)22)13-4-2-3-5-15(13)21(11)10-12-6-7-20-16(18)9-12/h2-7,9,11,14H,8,10H2,1H3,(H2,19,22)/t11-,14+/m1/s1. The van der Waals surface area contributed by atoms with Crippen LogP contribution in [0, 0.1) is 0 Å². The fraction of sp³-hybridized carbons (Fsp3) is 0.294. The van der Waals surface area contributed by atoms with Crippen LogP contribution < -0.4 is 10.6 Å². The summed E-state index contributed by atoms with van der Waals surface area (Å²) in [6, 6.07) is 12.0. The maximum Gasteiger partial charge on any atom is 0.225 e. The molecule has 2 heterocycles. The summed E-state index contributed by atoms with van der Waals surface area (Å²) < 4.78 is 0. The number of rotatable bonds is 3. The van der Waals surface area contributed by atoms with Crippen molar-refractivity contribution in [1.29, 1.82) is 0 Å². The van der Waals surface area contributed by atoms with Crippen LogP contribution in [0.25, 0.3) is 0 Å². The fourth-order valence-electron chi connectivity index (χ4n) is 3.12. The SMILES string of the molecule is C[C@@H]1C[C@H](C(N)=O)c2ccccc2N1Cc1ccnc(Cl)c1. The summed E-state index contributed by atoms with van der Waals surface area (Å²) in [5, 5.41) is 0.491. The number of halogens is 1. The molecule has 3 rings (SSSR count). The van der Waals surface area contributed by atoms with Crippen molar-refractivity contribution in [2.75, 3.05) is 4.90 Å². The van der Waals surface area contributed by atoms with Crippen molar-refractivity contribution < 1.29 is 4.79 Å². The molecule has 22 heavy (non-hydrogen) atoms. The Kier molecular flexibility index (Phi) is 4.03. The lowest BCUT2D eigenvalue weighted by Gasteiger charge is -2.40. The largest absolute Gasteiger partial charge is 0.369 e. The molecule has 4 nitrogen and oxygen atoms in total. The molecule has 2 atom stereocenters. The number of nitrogens with two attached hydrogens (primary N) is 1. The molecule has 114 valence electrons. The van der Waals surface area contributed by atoms with Crippen LogP contribution >= 0.6 is 11.6 Å². The molecule has 1 aliphatic heterocycles. The number of pyridine rings is 1. The second kappa shape index (κ2) is 5.97. The Balaban J connectivity index is 1.97.